The van der Waals surface area contributed by atoms with E-state index in [9.17, 15) is 0 Å². The number of hydrogen-bond acceptors (Lipinski definition) is 0. The van der Waals surface area contributed by atoms with Crippen LogP contribution in [0.15, 0.2) is 84.9 Å². The van der Waals surface area contributed by atoms with E-state index in [1.54, 1.807) is 11.1 Å². The Bertz CT molecular complexity index is 1910. The van der Waals surface area contributed by atoms with Gasteiger partial charge < -0.3 is 0 Å². The van der Waals surface area contributed by atoms with Crippen LogP contribution in [0.5, 0.6) is 0 Å². The molecule has 2 aliphatic carbocycles. The van der Waals surface area contributed by atoms with E-state index in [4.69, 9.17) is 0 Å². The van der Waals surface area contributed by atoms with Crippen molar-refractivity contribution in [3.05, 3.63) is 129 Å². The maximum atomic E-state index is 2.88. The van der Waals surface area contributed by atoms with Crippen LogP contribution in [-0.4, -0.2) is 6.94 Å². The fraction of sp³-hybridized carbons (Fsp3) is 0.333. The Morgan fingerprint density at radius 3 is 1.30 bits per heavy atom. The topological polar surface area (TPSA) is 0 Å². The number of fused-ring (bicyclic) bond motifs is 2. The number of allylic oxidation sites excluding steroid dienone is 2. The summed E-state index contributed by atoms with van der Waals surface area (Å²) in [6.07, 6.45) is 10.3. The van der Waals surface area contributed by atoms with Crippen LogP contribution in [0.1, 0.15) is 79.6 Å². The van der Waals surface area contributed by atoms with Crippen molar-refractivity contribution in [3.63, 3.8) is 0 Å². The molecule has 0 bridgehead atoms. The van der Waals surface area contributed by atoms with Crippen molar-refractivity contribution in [1.29, 1.82) is 0 Å². The van der Waals surface area contributed by atoms with E-state index in [2.05, 4.69) is 169 Å². The normalized spacial score (nSPS) is 19.9. The molecule has 0 saturated heterocycles. The second kappa shape index (κ2) is 9.26. The molecule has 4 aromatic carbocycles. The van der Waals surface area contributed by atoms with Gasteiger partial charge >= 0.3 is 264 Å². The Morgan fingerprint density at radius 1 is 0.545 bits per heavy atom. The predicted octanol–water partition coefficient (Wildman–Crippen LogP) is 12.2. The molecular formula is C42H52HfSi. The fourth-order valence-corrected chi connectivity index (χ4v) is 50.6. The summed E-state index contributed by atoms with van der Waals surface area (Å²) in [5.41, 5.74) is 16.8. The first-order valence-corrected chi connectivity index (χ1v) is 40.6. The second-order valence-corrected chi connectivity index (χ2v) is 93.6. The zero-order chi connectivity index (χ0) is 31.9. The molecule has 0 radical (unpaired) electrons. The van der Waals surface area contributed by atoms with E-state index < -0.39 is 14.2 Å². The number of benzene rings is 4. The van der Waals surface area contributed by atoms with Crippen molar-refractivity contribution in [3.8, 4) is 22.3 Å². The molecule has 0 amide bonds. The summed E-state index contributed by atoms with van der Waals surface area (Å²) in [6.45, 7) is 21.8. The van der Waals surface area contributed by atoms with E-state index >= 15 is 0 Å². The van der Waals surface area contributed by atoms with E-state index in [1.165, 1.54) is 55.6 Å². The van der Waals surface area contributed by atoms with Crippen molar-refractivity contribution in [2.45, 2.75) is 79.4 Å². The average Bonchev–Trinajstić information content (AvgIpc) is 3.63. The van der Waals surface area contributed by atoms with Crippen molar-refractivity contribution in [2.75, 3.05) is 0 Å². The van der Waals surface area contributed by atoms with Gasteiger partial charge in [-0.3, -0.25) is 0 Å². The molecule has 6 rings (SSSR count). The summed E-state index contributed by atoms with van der Waals surface area (Å²) in [5, 5.41) is 0. The van der Waals surface area contributed by atoms with Gasteiger partial charge in [-0.15, -0.1) is 0 Å². The van der Waals surface area contributed by atoms with Crippen LogP contribution < -0.4 is 0 Å². The molecule has 2 unspecified atom stereocenters. The minimum absolute atomic E-state index is 0.391. The molecule has 0 spiro atoms. The van der Waals surface area contributed by atoms with Gasteiger partial charge in [-0.1, -0.05) is 0 Å². The molecule has 2 atom stereocenters. The Morgan fingerprint density at radius 2 is 0.932 bits per heavy atom. The van der Waals surface area contributed by atoms with Gasteiger partial charge in [0.2, 0.25) is 0 Å². The molecule has 2 heteroatoms. The van der Waals surface area contributed by atoms with Gasteiger partial charge in [0.05, 0.1) is 0 Å². The zero-order valence-corrected chi connectivity index (χ0v) is 33.8. The van der Waals surface area contributed by atoms with Gasteiger partial charge in [0.15, 0.2) is 0 Å². The van der Waals surface area contributed by atoms with Crippen LogP contribution in [0.3, 0.4) is 0 Å². The zero-order valence-electron chi connectivity index (χ0n) is 28.8. The van der Waals surface area contributed by atoms with Crippen LogP contribution in [0.4, 0.5) is 0 Å². The number of rotatable bonds is 6. The predicted molar refractivity (Wildman–Crippen MR) is 197 cm³/mol. The Balaban J connectivity index is 1.66. The SMILES string of the molecule is Cc1ccc(C)c(-c2cccc3c2C=C[CH]3[Hf]([CH3])([CH3])(=[SiH2])([CH](C)C)([CH](C)C)[CH]2C=Cc3c(-c4cc(C)ccc4C)cccc32)c1. The maximum absolute atomic E-state index is 5.21. The van der Waals surface area contributed by atoms with E-state index in [1.807, 2.05) is 0 Å². The third-order valence-corrected chi connectivity index (χ3v) is 96.0. The summed E-state index contributed by atoms with van der Waals surface area (Å²) in [4.78, 5) is 0. The summed E-state index contributed by atoms with van der Waals surface area (Å²) in [7, 11) is 0. The number of aryl methyl sites for hydroxylation is 4. The molecule has 44 heavy (non-hydrogen) atoms. The van der Waals surface area contributed by atoms with Crippen LogP contribution >= 0.6 is 0 Å². The van der Waals surface area contributed by atoms with Gasteiger partial charge in [0.1, 0.15) is 0 Å². The molecule has 4 aromatic rings. The summed E-state index contributed by atoms with van der Waals surface area (Å²) >= 11 is -5.21. The van der Waals surface area contributed by atoms with Gasteiger partial charge in [0, 0.05) is 0 Å². The Labute approximate surface area is 262 Å². The second-order valence-electron chi connectivity index (χ2n) is 17.6. The van der Waals surface area contributed by atoms with Crippen LogP contribution in [-0.2, 0) is 14.2 Å². The Hall–Kier alpha value is -2.55. The van der Waals surface area contributed by atoms with Crippen molar-refractivity contribution < 1.29 is 14.2 Å². The summed E-state index contributed by atoms with van der Waals surface area (Å²) in [6, 6.07) is 28.1. The minimum atomic E-state index is -5.21. The van der Waals surface area contributed by atoms with Gasteiger partial charge in [-0.05, 0) is 0 Å². The first-order valence-electron chi connectivity index (χ1n) is 16.8. The molecule has 0 nitrogen and oxygen atoms in total. The average molecular weight is 763 g/mol. The van der Waals surface area contributed by atoms with Crippen molar-refractivity contribution in [1.82, 2.24) is 0 Å². The third-order valence-electron chi connectivity index (χ3n) is 15.1. The molecule has 0 N–H and O–H groups in total. The van der Waals surface area contributed by atoms with Crippen LogP contribution in [0.2, 0.25) is 16.7 Å². The third kappa shape index (κ3) is 3.71. The van der Waals surface area contributed by atoms with Gasteiger partial charge in [0.25, 0.3) is 0 Å². The molecule has 0 aromatic heterocycles. The monoisotopic (exact) mass is 764 g/mol. The van der Waals surface area contributed by atoms with Crippen molar-refractivity contribution in [2.24, 2.45) is 0 Å². The van der Waals surface area contributed by atoms with Gasteiger partial charge in [-0.2, -0.15) is 0 Å². The molecule has 0 aliphatic heterocycles. The first-order chi connectivity index (χ1) is 20.5. The Kier molecular flexibility index (Phi) is 6.61. The number of hydrogen-bond donors (Lipinski definition) is 0. The van der Waals surface area contributed by atoms with Crippen LogP contribution in [0.25, 0.3) is 34.4 Å². The summed E-state index contributed by atoms with van der Waals surface area (Å²) in [5.74, 6) is 0. The standard InChI is InChI=1S/2C17H15.2C3H7.2CH3.Hf.H2Si/c2*1-12-9-10-13(2)17(11-12)16-8-4-6-14-5-3-7-15(14)16;2*1-3-2;;;;/h2*3-11H,1-2H3;2*3H,1-2H3;2*1H3;;1H2. The molecule has 228 valence electrons. The van der Waals surface area contributed by atoms with Crippen molar-refractivity contribution >= 4 is 19.1 Å². The first kappa shape index (κ1) is 31.4. The molecule has 0 heterocycles. The molecule has 2 aliphatic rings. The van der Waals surface area contributed by atoms with E-state index in [0.717, 1.165) is 0 Å². The molecule has 0 fully saturated rings. The molecule has 0 saturated carbocycles. The van der Waals surface area contributed by atoms with Gasteiger partial charge in [-0.25, -0.2) is 0 Å². The molecular weight excluding hydrogens is 711 g/mol. The van der Waals surface area contributed by atoms with E-state index in [0.29, 0.717) is 14.7 Å². The van der Waals surface area contributed by atoms with Crippen LogP contribution in [0, 0.1) is 27.7 Å². The quantitative estimate of drug-likeness (QED) is 0.172. The van der Waals surface area contributed by atoms with E-state index in [-0.39, 0.29) is 0 Å². The fourth-order valence-electron chi connectivity index (χ4n) is 9.73. The summed E-state index contributed by atoms with van der Waals surface area (Å²) < 4.78 is 7.60.